The van der Waals surface area contributed by atoms with Gasteiger partial charge in [-0.15, -0.1) is 0 Å². The van der Waals surface area contributed by atoms with Crippen molar-refractivity contribution in [3.63, 3.8) is 0 Å². The Balaban J connectivity index is 1.94. The number of carbonyl (C=O) groups excluding carboxylic acids is 1. The molecule has 3 atom stereocenters. The number of alkyl halides is 1. The van der Waals surface area contributed by atoms with Gasteiger partial charge in [0.1, 0.15) is 0 Å². The quantitative estimate of drug-likeness (QED) is 0.561. The molecule has 0 radical (unpaired) electrons. The third kappa shape index (κ3) is 2.77. The molecule has 1 saturated carbocycles. The number of carbonyl (C=O) groups is 1. The first-order chi connectivity index (χ1) is 10.1. The van der Waals surface area contributed by atoms with Crippen LogP contribution in [0.25, 0.3) is 0 Å². The molecule has 21 heavy (non-hydrogen) atoms. The zero-order valence-electron chi connectivity index (χ0n) is 12.7. The molecule has 3 heteroatoms. The lowest BCUT2D eigenvalue weighted by molar-refractivity contribution is -0.114. The molecule has 2 aliphatic rings. The molecule has 0 unspecified atom stereocenters. The predicted molar refractivity (Wildman–Crippen MR) is 94.3 cm³/mol. The Labute approximate surface area is 140 Å². The molecule has 3 rings (SSSR count). The van der Waals surface area contributed by atoms with Crippen molar-refractivity contribution in [1.29, 1.82) is 0 Å². The van der Waals surface area contributed by atoms with E-state index >= 15 is 0 Å². The van der Waals surface area contributed by atoms with Gasteiger partial charge < -0.3 is 4.90 Å². The standard InChI is InChI=1S/C18H22INO/c1-12-17(13(2)21)15-9-6-10-16(19)18(15)20(12)11-14-7-4-3-5-8-14/h3-5,7-8,15-16,18H,6,9-11H2,1-2H3/t15-,16+,18+/m0/s1. The number of ketones is 1. The van der Waals surface area contributed by atoms with E-state index in [1.807, 2.05) is 0 Å². The van der Waals surface area contributed by atoms with E-state index in [-0.39, 0.29) is 5.78 Å². The van der Waals surface area contributed by atoms with Gasteiger partial charge in [0.25, 0.3) is 0 Å². The third-order valence-electron chi connectivity index (χ3n) is 4.90. The zero-order chi connectivity index (χ0) is 15.0. The van der Waals surface area contributed by atoms with Crippen LogP contribution in [-0.4, -0.2) is 20.6 Å². The number of rotatable bonds is 3. The van der Waals surface area contributed by atoms with E-state index in [1.165, 1.54) is 30.5 Å². The maximum atomic E-state index is 12.1. The number of benzene rings is 1. The fraction of sp³-hybridized carbons (Fsp3) is 0.500. The molecule has 0 N–H and O–H groups in total. The average Bonchev–Trinajstić information content (AvgIpc) is 2.74. The molecular formula is C18H22INO. The molecule has 1 fully saturated rings. The minimum absolute atomic E-state index is 0.267. The van der Waals surface area contributed by atoms with Gasteiger partial charge in [-0.2, -0.15) is 0 Å². The van der Waals surface area contributed by atoms with Crippen LogP contribution in [0.1, 0.15) is 38.7 Å². The fourth-order valence-corrected chi connectivity index (χ4v) is 5.35. The minimum atomic E-state index is 0.267. The second-order valence-corrected chi connectivity index (χ2v) is 7.81. The molecule has 1 heterocycles. The minimum Gasteiger partial charge on any atom is -0.366 e. The van der Waals surface area contributed by atoms with Crippen LogP contribution < -0.4 is 0 Å². The lowest BCUT2D eigenvalue weighted by Crippen LogP contribution is -2.43. The topological polar surface area (TPSA) is 20.3 Å². The molecule has 0 amide bonds. The molecule has 1 aromatic rings. The fourth-order valence-electron chi connectivity index (χ4n) is 4.02. The zero-order valence-corrected chi connectivity index (χ0v) is 14.8. The van der Waals surface area contributed by atoms with Crippen LogP contribution in [0.15, 0.2) is 41.6 Å². The Morgan fingerprint density at radius 2 is 2.00 bits per heavy atom. The summed E-state index contributed by atoms with van der Waals surface area (Å²) in [7, 11) is 0. The van der Waals surface area contributed by atoms with Crippen LogP contribution >= 0.6 is 22.6 Å². The van der Waals surface area contributed by atoms with E-state index in [9.17, 15) is 4.79 Å². The summed E-state index contributed by atoms with van der Waals surface area (Å²) in [4.78, 5) is 14.6. The summed E-state index contributed by atoms with van der Waals surface area (Å²) in [6.07, 6.45) is 3.69. The van der Waals surface area contributed by atoms with Gasteiger partial charge in [-0.25, -0.2) is 0 Å². The van der Waals surface area contributed by atoms with Crippen LogP contribution in [0.3, 0.4) is 0 Å². The average molecular weight is 395 g/mol. The van der Waals surface area contributed by atoms with E-state index in [0.717, 1.165) is 12.1 Å². The molecular weight excluding hydrogens is 373 g/mol. The lowest BCUT2D eigenvalue weighted by Gasteiger charge is -2.38. The molecule has 0 spiro atoms. The Bertz CT molecular complexity index is 566. The van der Waals surface area contributed by atoms with E-state index in [4.69, 9.17) is 0 Å². The monoisotopic (exact) mass is 395 g/mol. The van der Waals surface area contributed by atoms with Crippen LogP contribution in [0.2, 0.25) is 0 Å². The first-order valence-corrected chi connectivity index (χ1v) is 9.00. The van der Waals surface area contributed by atoms with Crippen LogP contribution in [0.4, 0.5) is 0 Å². The third-order valence-corrected chi connectivity index (χ3v) is 6.26. The number of Topliss-reactive ketones (excluding diaryl/α,β-unsaturated/α-hetero) is 1. The molecule has 0 bridgehead atoms. The van der Waals surface area contributed by atoms with E-state index in [1.54, 1.807) is 6.92 Å². The summed E-state index contributed by atoms with van der Waals surface area (Å²) in [6.45, 7) is 4.80. The number of halogens is 1. The van der Waals surface area contributed by atoms with Gasteiger partial charge in [0.05, 0.1) is 0 Å². The summed E-state index contributed by atoms with van der Waals surface area (Å²) in [5.74, 6) is 0.713. The predicted octanol–water partition coefficient (Wildman–Crippen LogP) is 4.34. The molecule has 0 saturated heterocycles. The molecule has 112 valence electrons. The summed E-state index contributed by atoms with van der Waals surface area (Å²) in [5.41, 5.74) is 3.64. The molecule has 0 aromatic heterocycles. The van der Waals surface area contributed by atoms with Crippen molar-refractivity contribution in [3.05, 3.63) is 47.2 Å². The number of fused-ring (bicyclic) bond motifs is 1. The Kier molecular flexibility index (Phi) is 4.38. The highest BCUT2D eigenvalue weighted by Gasteiger charge is 2.45. The number of hydrogen-bond donors (Lipinski definition) is 0. The summed E-state index contributed by atoms with van der Waals surface area (Å²) in [6, 6.07) is 11.1. The molecule has 1 aliphatic carbocycles. The van der Waals surface area contributed by atoms with Gasteiger partial charge in [0.15, 0.2) is 5.78 Å². The van der Waals surface area contributed by atoms with Crippen molar-refractivity contribution in [2.75, 3.05) is 0 Å². The van der Waals surface area contributed by atoms with Crippen LogP contribution in [0, 0.1) is 5.92 Å². The van der Waals surface area contributed by atoms with Gasteiger partial charge >= 0.3 is 0 Å². The highest BCUT2D eigenvalue weighted by Crippen LogP contribution is 2.45. The van der Waals surface area contributed by atoms with Gasteiger partial charge in [0, 0.05) is 33.7 Å². The summed E-state index contributed by atoms with van der Waals surface area (Å²) < 4.78 is 0.636. The number of nitrogens with zero attached hydrogens (tertiary/aromatic N) is 1. The second-order valence-electron chi connectivity index (χ2n) is 6.21. The molecule has 1 aliphatic heterocycles. The van der Waals surface area contributed by atoms with E-state index in [0.29, 0.717) is 15.9 Å². The van der Waals surface area contributed by atoms with Gasteiger partial charge in [-0.3, -0.25) is 4.79 Å². The summed E-state index contributed by atoms with van der Waals surface area (Å²) in [5, 5.41) is 0. The van der Waals surface area contributed by atoms with Gasteiger partial charge in [-0.05, 0) is 32.3 Å². The number of allylic oxidation sites excluding steroid dienone is 1. The van der Waals surface area contributed by atoms with Crippen molar-refractivity contribution < 1.29 is 4.79 Å². The Morgan fingerprint density at radius 3 is 2.67 bits per heavy atom. The molecule has 2 nitrogen and oxygen atoms in total. The Hall–Kier alpha value is -0.840. The van der Waals surface area contributed by atoms with Crippen molar-refractivity contribution in [1.82, 2.24) is 4.90 Å². The van der Waals surface area contributed by atoms with Crippen molar-refractivity contribution in [2.45, 2.75) is 49.6 Å². The highest BCUT2D eigenvalue weighted by molar-refractivity contribution is 14.1. The normalized spacial score (nSPS) is 28.7. The van der Waals surface area contributed by atoms with Gasteiger partial charge in [0.2, 0.25) is 0 Å². The maximum absolute atomic E-state index is 12.1. The SMILES string of the molecule is CC(=O)C1=C(C)N(Cc2ccccc2)[C@H]2[C@H](I)CCC[C@@H]12. The van der Waals surface area contributed by atoms with Crippen molar-refractivity contribution >= 4 is 28.4 Å². The lowest BCUT2D eigenvalue weighted by atomic mass is 9.80. The van der Waals surface area contributed by atoms with Crippen LogP contribution in [0.5, 0.6) is 0 Å². The largest absolute Gasteiger partial charge is 0.366 e. The number of hydrogen-bond acceptors (Lipinski definition) is 2. The second kappa shape index (κ2) is 6.11. The van der Waals surface area contributed by atoms with Gasteiger partial charge in [-0.1, -0.05) is 59.3 Å². The first-order valence-electron chi connectivity index (χ1n) is 7.76. The van der Waals surface area contributed by atoms with Crippen LogP contribution in [-0.2, 0) is 11.3 Å². The first kappa shape index (κ1) is 15.1. The maximum Gasteiger partial charge on any atom is 0.157 e. The van der Waals surface area contributed by atoms with E-state index < -0.39 is 0 Å². The van der Waals surface area contributed by atoms with Crippen molar-refractivity contribution in [3.8, 4) is 0 Å². The van der Waals surface area contributed by atoms with E-state index in [2.05, 4.69) is 64.7 Å². The smallest absolute Gasteiger partial charge is 0.157 e. The summed E-state index contributed by atoms with van der Waals surface area (Å²) >= 11 is 2.60. The highest BCUT2D eigenvalue weighted by atomic mass is 127. The molecule has 1 aromatic carbocycles. The van der Waals surface area contributed by atoms with Crippen molar-refractivity contribution in [2.24, 2.45) is 5.92 Å². The Morgan fingerprint density at radius 1 is 1.29 bits per heavy atom.